The standard InChI is InChI=1S/C18H18Cl2N2O2.ClH/c1-23-8-9-24-17-5-2-12(10-15(17)18-21-6-7-22-18)14-4-3-13(19)11-16(14)20;/h2-5,10-11H,6-9H2,1H3,(H,21,22);1H. The molecule has 0 aliphatic carbocycles. The van der Waals surface area contributed by atoms with Gasteiger partial charge in [-0.25, -0.2) is 0 Å². The third kappa shape index (κ3) is 4.79. The van der Waals surface area contributed by atoms with Crippen LogP contribution in [0.15, 0.2) is 41.4 Å². The van der Waals surface area contributed by atoms with Gasteiger partial charge in [-0.2, -0.15) is 0 Å². The van der Waals surface area contributed by atoms with Gasteiger partial charge >= 0.3 is 0 Å². The van der Waals surface area contributed by atoms with Crippen molar-refractivity contribution in [2.75, 3.05) is 33.4 Å². The zero-order valence-electron chi connectivity index (χ0n) is 13.7. The third-order valence-corrected chi connectivity index (χ3v) is 4.24. The second-order valence-corrected chi connectivity index (χ2v) is 6.18. The van der Waals surface area contributed by atoms with Crippen LogP contribution in [0.25, 0.3) is 11.1 Å². The van der Waals surface area contributed by atoms with Gasteiger partial charge in [0, 0.05) is 29.3 Å². The average molecular weight is 402 g/mol. The number of nitrogens with zero attached hydrogens (tertiary/aromatic N) is 1. The highest BCUT2D eigenvalue weighted by molar-refractivity contribution is 6.36. The Morgan fingerprint density at radius 2 is 1.92 bits per heavy atom. The number of halogens is 3. The molecule has 0 unspecified atom stereocenters. The molecule has 1 heterocycles. The fourth-order valence-electron chi connectivity index (χ4n) is 2.55. The summed E-state index contributed by atoms with van der Waals surface area (Å²) in [6, 6.07) is 11.4. The van der Waals surface area contributed by atoms with Crippen LogP contribution in [0.5, 0.6) is 5.75 Å². The van der Waals surface area contributed by atoms with Gasteiger partial charge in [-0.1, -0.05) is 35.3 Å². The molecular weight excluding hydrogens is 383 g/mol. The lowest BCUT2D eigenvalue weighted by Crippen LogP contribution is -2.20. The number of hydrogen-bond acceptors (Lipinski definition) is 4. The molecule has 4 nitrogen and oxygen atoms in total. The molecule has 0 saturated heterocycles. The predicted octanol–water partition coefficient (Wildman–Crippen LogP) is 4.46. The predicted molar refractivity (Wildman–Crippen MR) is 106 cm³/mol. The van der Waals surface area contributed by atoms with Crippen molar-refractivity contribution in [1.29, 1.82) is 0 Å². The molecule has 25 heavy (non-hydrogen) atoms. The number of amidine groups is 1. The van der Waals surface area contributed by atoms with Crippen LogP contribution in [-0.4, -0.2) is 39.2 Å². The summed E-state index contributed by atoms with van der Waals surface area (Å²) in [6.07, 6.45) is 0. The molecule has 2 aromatic carbocycles. The molecule has 0 atom stereocenters. The summed E-state index contributed by atoms with van der Waals surface area (Å²) in [7, 11) is 1.65. The first-order valence-corrected chi connectivity index (χ1v) is 8.44. The maximum Gasteiger partial charge on any atom is 0.132 e. The molecule has 0 spiro atoms. The highest BCUT2D eigenvalue weighted by Crippen LogP contribution is 2.33. The molecule has 2 aromatic rings. The van der Waals surface area contributed by atoms with Gasteiger partial charge in [-0.05, 0) is 29.8 Å². The first-order valence-electron chi connectivity index (χ1n) is 7.69. The molecule has 0 bridgehead atoms. The smallest absolute Gasteiger partial charge is 0.132 e. The van der Waals surface area contributed by atoms with E-state index in [1.165, 1.54) is 0 Å². The Bertz CT molecular complexity index is 766. The van der Waals surface area contributed by atoms with E-state index in [-0.39, 0.29) is 12.4 Å². The van der Waals surface area contributed by atoms with E-state index in [1.54, 1.807) is 13.2 Å². The molecule has 1 aliphatic rings. The Morgan fingerprint density at radius 1 is 1.08 bits per heavy atom. The second kappa shape index (κ2) is 9.30. The van der Waals surface area contributed by atoms with Crippen molar-refractivity contribution in [3.05, 3.63) is 52.0 Å². The molecule has 0 amide bonds. The molecule has 1 N–H and O–H groups in total. The van der Waals surface area contributed by atoms with Crippen molar-refractivity contribution in [2.45, 2.75) is 0 Å². The third-order valence-electron chi connectivity index (χ3n) is 3.70. The van der Waals surface area contributed by atoms with Gasteiger partial charge in [0.05, 0.1) is 18.7 Å². The van der Waals surface area contributed by atoms with Gasteiger partial charge in [0.1, 0.15) is 18.2 Å². The van der Waals surface area contributed by atoms with Crippen molar-refractivity contribution in [3.8, 4) is 16.9 Å². The number of methoxy groups -OCH3 is 1. The summed E-state index contributed by atoms with van der Waals surface area (Å²) in [5.41, 5.74) is 2.83. The number of benzene rings is 2. The largest absolute Gasteiger partial charge is 0.490 e. The zero-order valence-corrected chi connectivity index (χ0v) is 16.0. The van der Waals surface area contributed by atoms with E-state index in [0.717, 1.165) is 41.4 Å². The molecule has 7 heteroatoms. The number of rotatable bonds is 6. The minimum absolute atomic E-state index is 0. The lowest BCUT2D eigenvalue weighted by molar-refractivity contribution is 0.146. The summed E-state index contributed by atoms with van der Waals surface area (Å²) in [6.45, 7) is 2.61. The summed E-state index contributed by atoms with van der Waals surface area (Å²) < 4.78 is 10.9. The lowest BCUT2D eigenvalue weighted by atomic mass is 10.0. The van der Waals surface area contributed by atoms with Crippen LogP contribution in [-0.2, 0) is 4.74 Å². The molecule has 0 radical (unpaired) electrons. The Balaban J connectivity index is 0.00000225. The maximum atomic E-state index is 6.34. The van der Waals surface area contributed by atoms with Crippen LogP contribution in [0, 0.1) is 0 Å². The molecule has 0 aromatic heterocycles. The van der Waals surface area contributed by atoms with Crippen LogP contribution in [0.1, 0.15) is 5.56 Å². The second-order valence-electron chi connectivity index (χ2n) is 5.33. The Morgan fingerprint density at radius 3 is 2.60 bits per heavy atom. The summed E-state index contributed by atoms with van der Waals surface area (Å²) in [5.74, 6) is 1.61. The highest BCUT2D eigenvalue weighted by Gasteiger charge is 2.16. The van der Waals surface area contributed by atoms with E-state index in [4.69, 9.17) is 32.7 Å². The van der Waals surface area contributed by atoms with Crippen molar-refractivity contribution >= 4 is 41.4 Å². The van der Waals surface area contributed by atoms with Gasteiger partial charge in [0.15, 0.2) is 0 Å². The number of nitrogens with one attached hydrogen (secondary N) is 1. The lowest BCUT2D eigenvalue weighted by Gasteiger charge is -2.14. The fourth-order valence-corrected chi connectivity index (χ4v) is 3.06. The van der Waals surface area contributed by atoms with E-state index in [1.807, 2.05) is 30.3 Å². The Hall–Kier alpha value is -1.46. The zero-order chi connectivity index (χ0) is 16.9. The van der Waals surface area contributed by atoms with Crippen molar-refractivity contribution in [1.82, 2.24) is 5.32 Å². The van der Waals surface area contributed by atoms with E-state index in [0.29, 0.717) is 23.3 Å². The van der Waals surface area contributed by atoms with Gasteiger partial charge in [-0.3, -0.25) is 4.99 Å². The van der Waals surface area contributed by atoms with Crippen LogP contribution in [0.4, 0.5) is 0 Å². The summed E-state index contributed by atoms with van der Waals surface area (Å²) in [4.78, 5) is 4.51. The van der Waals surface area contributed by atoms with E-state index in [2.05, 4.69) is 10.3 Å². The minimum atomic E-state index is 0. The van der Waals surface area contributed by atoms with Crippen LogP contribution < -0.4 is 10.1 Å². The number of hydrogen-bond donors (Lipinski definition) is 1. The van der Waals surface area contributed by atoms with Gasteiger partial charge in [0.2, 0.25) is 0 Å². The first kappa shape index (κ1) is 19.9. The quantitative estimate of drug-likeness (QED) is 0.727. The monoisotopic (exact) mass is 400 g/mol. The van der Waals surface area contributed by atoms with Crippen molar-refractivity contribution in [2.24, 2.45) is 4.99 Å². The normalized spacial score (nSPS) is 13.0. The molecule has 134 valence electrons. The summed E-state index contributed by atoms with van der Waals surface area (Å²) >= 11 is 12.3. The molecule has 0 saturated carbocycles. The fraction of sp³-hybridized carbons (Fsp3) is 0.278. The first-order chi connectivity index (χ1) is 11.7. The SMILES string of the molecule is COCCOc1ccc(-c2ccc(Cl)cc2Cl)cc1C1=NCCN1.Cl. The van der Waals surface area contributed by atoms with Gasteiger partial charge in [0.25, 0.3) is 0 Å². The van der Waals surface area contributed by atoms with Crippen molar-refractivity contribution < 1.29 is 9.47 Å². The van der Waals surface area contributed by atoms with Crippen LogP contribution >= 0.6 is 35.6 Å². The van der Waals surface area contributed by atoms with E-state index < -0.39 is 0 Å². The van der Waals surface area contributed by atoms with E-state index >= 15 is 0 Å². The number of ether oxygens (including phenoxy) is 2. The number of aliphatic imine (C=N–C) groups is 1. The maximum absolute atomic E-state index is 6.34. The molecule has 3 rings (SSSR count). The van der Waals surface area contributed by atoms with Crippen LogP contribution in [0.3, 0.4) is 0 Å². The highest BCUT2D eigenvalue weighted by atomic mass is 35.5. The summed E-state index contributed by atoms with van der Waals surface area (Å²) in [5, 5.41) is 4.52. The topological polar surface area (TPSA) is 42.9 Å². The molecule has 1 aliphatic heterocycles. The van der Waals surface area contributed by atoms with Gasteiger partial charge in [-0.15, -0.1) is 12.4 Å². The van der Waals surface area contributed by atoms with Crippen LogP contribution in [0.2, 0.25) is 10.0 Å². The van der Waals surface area contributed by atoms with Crippen molar-refractivity contribution in [3.63, 3.8) is 0 Å². The Kier molecular flexibility index (Phi) is 7.38. The van der Waals surface area contributed by atoms with Gasteiger partial charge < -0.3 is 14.8 Å². The Labute approximate surface area is 163 Å². The molecule has 0 fully saturated rings. The van der Waals surface area contributed by atoms with E-state index in [9.17, 15) is 0 Å². The molecular formula is C18H19Cl3N2O2. The average Bonchev–Trinajstić information content (AvgIpc) is 3.10. The minimum Gasteiger partial charge on any atom is -0.490 e.